The molecule has 1 aliphatic rings. The monoisotopic (exact) mass is 333 g/mol. The van der Waals surface area contributed by atoms with Gasteiger partial charge in [-0.2, -0.15) is 0 Å². The van der Waals surface area contributed by atoms with Crippen LogP contribution in [-0.4, -0.2) is 25.5 Å². The lowest BCUT2D eigenvalue weighted by molar-refractivity contribution is -0.139. The molecule has 7 heteroatoms. The van der Waals surface area contributed by atoms with Crippen LogP contribution in [0.25, 0.3) is 0 Å². The summed E-state index contributed by atoms with van der Waals surface area (Å²) < 4.78 is 24.3. The summed E-state index contributed by atoms with van der Waals surface area (Å²) in [6.45, 7) is -0.329. The van der Waals surface area contributed by atoms with E-state index in [2.05, 4.69) is 10.1 Å². The molecular weight excluding hydrogens is 321 g/mol. The van der Waals surface area contributed by atoms with Crippen molar-refractivity contribution in [3.63, 3.8) is 0 Å². The minimum Gasteiger partial charge on any atom is -0.468 e. The van der Waals surface area contributed by atoms with E-state index in [4.69, 9.17) is 4.74 Å². The SMILES string of the molecule is COC(=O)CNC(=O)c1cc2c(cc1F)Sc1ccccc1O2. The van der Waals surface area contributed by atoms with Crippen molar-refractivity contribution >= 4 is 23.6 Å². The zero-order valence-electron chi connectivity index (χ0n) is 12.1. The maximum Gasteiger partial charge on any atom is 0.325 e. The summed E-state index contributed by atoms with van der Waals surface area (Å²) in [4.78, 5) is 24.5. The maximum absolute atomic E-state index is 14.2. The highest BCUT2D eigenvalue weighted by atomic mass is 32.2. The van der Waals surface area contributed by atoms with Gasteiger partial charge in [-0.05, 0) is 24.3 Å². The fourth-order valence-corrected chi connectivity index (χ4v) is 3.00. The van der Waals surface area contributed by atoms with Gasteiger partial charge in [-0.25, -0.2) is 4.39 Å². The number of amides is 1. The van der Waals surface area contributed by atoms with Crippen molar-refractivity contribution in [1.29, 1.82) is 0 Å². The van der Waals surface area contributed by atoms with Gasteiger partial charge in [0.05, 0.1) is 22.5 Å². The molecule has 0 bridgehead atoms. The average molecular weight is 333 g/mol. The molecule has 0 atom stereocenters. The number of carbonyl (C=O) groups excluding carboxylic acids is 2. The van der Waals surface area contributed by atoms with Gasteiger partial charge in [-0.15, -0.1) is 0 Å². The van der Waals surface area contributed by atoms with Crippen LogP contribution in [0.4, 0.5) is 4.39 Å². The van der Waals surface area contributed by atoms with Crippen molar-refractivity contribution in [2.75, 3.05) is 13.7 Å². The van der Waals surface area contributed by atoms with E-state index in [1.807, 2.05) is 18.2 Å². The Balaban J connectivity index is 1.85. The minimum absolute atomic E-state index is 0.187. The molecule has 0 radical (unpaired) electrons. The highest BCUT2D eigenvalue weighted by Gasteiger charge is 2.22. The van der Waals surface area contributed by atoms with Gasteiger partial charge in [0.25, 0.3) is 5.91 Å². The zero-order chi connectivity index (χ0) is 16.4. The molecule has 0 unspecified atom stereocenters. The second kappa shape index (κ2) is 6.29. The summed E-state index contributed by atoms with van der Waals surface area (Å²) in [6, 6.07) is 9.95. The molecule has 1 heterocycles. The summed E-state index contributed by atoms with van der Waals surface area (Å²) in [5, 5.41) is 2.30. The first kappa shape index (κ1) is 15.4. The number of carbonyl (C=O) groups is 2. The quantitative estimate of drug-likeness (QED) is 0.747. The first-order valence-corrected chi connectivity index (χ1v) is 7.53. The predicted molar refractivity (Wildman–Crippen MR) is 81.4 cm³/mol. The Labute approximate surface area is 135 Å². The van der Waals surface area contributed by atoms with Crippen LogP contribution in [0, 0.1) is 5.82 Å². The van der Waals surface area contributed by atoms with Crippen molar-refractivity contribution < 1.29 is 23.5 Å². The minimum atomic E-state index is -0.705. The van der Waals surface area contributed by atoms with Gasteiger partial charge >= 0.3 is 5.97 Å². The van der Waals surface area contributed by atoms with Gasteiger partial charge in [-0.1, -0.05) is 23.9 Å². The topological polar surface area (TPSA) is 64.6 Å². The molecule has 0 spiro atoms. The number of fused-ring (bicyclic) bond motifs is 2. The predicted octanol–water partition coefficient (Wildman–Crippen LogP) is 2.99. The van der Waals surface area contributed by atoms with Gasteiger partial charge in [0.15, 0.2) is 0 Å². The molecule has 2 aromatic carbocycles. The van der Waals surface area contributed by atoms with Crippen LogP contribution >= 0.6 is 11.8 Å². The number of rotatable bonds is 3. The van der Waals surface area contributed by atoms with E-state index >= 15 is 0 Å². The maximum atomic E-state index is 14.2. The van der Waals surface area contributed by atoms with Crippen molar-refractivity contribution in [3.05, 3.63) is 47.8 Å². The summed E-state index contributed by atoms with van der Waals surface area (Å²) >= 11 is 1.37. The third-order valence-corrected chi connectivity index (χ3v) is 4.28. The molecule has 5 nitrogen and oxygen atoms in total. The first-order valence-electron chi connectivity index (χ1n) is 6.72. The highest BCUT2D eigenvalue weighted by Crippen LogP contribution is 2.47. The molecule has 0 aromatic heterocycles. The fourth-order valence-electron chi connectivity index (χ4n) is 2.04. The van der Waals surface area contributed by atoms with Crippen LogP contribution in [0.5, 0.6) is 11.5 Å². The molecular formula is C16H12FNO4S. The van der Waals surface area contributed by atoms with Crippen LogP contribution in [0.3, 0.4) is 0 Å². The first-order chi connectivity index (χ1) is 11.1. The van der Waals surface area contributed by atoms with E-state index in [-0.39, 0.29) is 12.1 Å². The van der Waals surface area contributed by atoms with Crippen LogP contribution in [0.15, 0.2) is 46.2 Å². The zero-order valence-corrected chi connectivity index (χ0v) is 12.9. The molecule has 0 saturated heterocycles. The van der Waals surface area contributed by atoms with Crippen molar-refractivity contribution in [1.82, 2.24) is 5.32 Å². The van der Waals surface area contributed by atoms with Crippen molar-refractivity contribution in [3.8, 4) is 11.5 Å². The Morgan fingerprint density at radius 2 is 2.00 bits per heavy atom. The van der Waals surface area contributed by atoms with Crippen LogP contribution in [0.2, 0.25) is 0 Å². The molecule has 1 N–H and O–H groups in total. The number of nitrogens with one attached hydrogen (secondary N) is 1. The van der Waals surface area contributed by atoms with Gasteiger partial charge in [-0.3, -0.25) is 9.59 Å². The lowest BCUT2D eigenvalue weighted by Gasteiger charge is -2.20. The van der Waals surface area contributed by atoms with E-state index in [1.165, 1.54) is 31.0 Å². The molecule has 3 rings (SSSR count). The number of hydrogen-bond donors (Lipinski definition) is 1. The molecule has 1 aliphatic heterocycles. The molecule has 23 heavy (non-hydrogen) atoms. The number of esters is 1. The standard InChI is InChI=1S/C16H12FNO4S/c1-21-15(19)8-18-16(20)9-6-12-14(7-10(9)17)23-13-5-3-2-4-11(13)22-12/h2-7H,8H2,1H3,(H,18,20). The van der Waals surface area contributed by atoms with Gasteiger partial charge < -0.3 is 14.8 Å². The van der Waals surface area contributed by atoms with E-state index < -0.39 is 17.7 Å². The van der Waals surface area contributed by atoms with Crippen LogP contribution in [0.1, 0.15) is 10.4 Å². The third kappa shape index (κ3) is 3.14. The van der Waals surface area contributed by atoms with Crippen LogP contribution in [-0.2, 0) is 9.53 Å². The molecule has 0 aliphatic carbocycles. The molecule has 0 fully saturated rings. The summed E-state index contributed by atoms with van der Waals surface area (Å²) in [5.41, 5.74) is -0.187. The van der Waals surface area contributed by atoms with Crippen molar-refractivity contribution in [2.45, 2.75) is 9.79 Å². The van der Waals surface area contributed by atoms with Gasteiger partial charge in [0.2, 0.25) is 0 Å². The number of hydrogen-bond acceptors (Lipinski definition) is 5. The number of ether oxygens (including phenoxy) is 2. The summed E-state index contributed by atoms with van der Waals surface area (Å²) in [7, 11) is 1.20. The molecule has 0 saturated carbocycles. The van der Waals surface area contributed by atoms with Gasteiger partial charge in [0, 0.05) is 0 Å². The smallest absolute Gasteiger partial charge is 0.325 e. The summed E-state index contributed by atoms with van der Waals surface area (Å²) in [5.74, 6) is -0.946. The number of para-hydroxylation sites is 1. The van der Waals surface area contributed by atoms with E-state index in [0.29, 0.717) is 16.4 Å². The lowest BCUT2D eigenvalue weighted by Crippen LogP contribution is -2.30. The number of benzene rings is 2. The second-order valence-electron chi connectivity index (χ2n) is 4.69. The number of methoxy groups -OCH3 is 1. The van der Waals surface area contributed by atoms with E-state index in [0.717, 1.165) is 4.90 Å². The van der Waals surface area contributed by atoms with Crippen molar-refractivity contribution in [2.24, 2.45) is 0 Å². The lowest BCUT2D eigenvalue weighted by atomic mass is 10.2. The fraction of sp³-hybridized carbons (Fsp3) is 0.125. The van der Waals surface area contributed by atoms with E-state index in [1.54, 1.807) is 6.07 Å². The second-order valence-corrected chi connectivity index (χ2v) is 5.77. The molecule has 118 valence electrons. The molecule has 2 aromatic rings. The van der Waals surface area contributed by atoms with E-state index in [9.17, 15) is 14.0 Å². The summed E-state index contributed by atoms with van der Waals surface area (Å²) in [6.07, 6.45) is 0. The number of halogens is 1. The Morgan fingerprint density at radius 3 is 2.78 bits per heavy atom. The normalized spacial score (nSPS) is 11.7. The largest absolute Gasteiger partial charge is 0.468 e. The Hall–Kier alpha value is -2.54. The third-order valence-electron chi connectivity index (χ3n) is 3.19. The van der Waals surface area contributed by atoms with Crippen LogP contribution < -0.4 is 10.1 Å². The Morgan fingerprint density at radius 1 is 1.22 bits per heavy atom. The highest BCUT2D eigenvalue weighted by molar-refractivity contribution is 7.99. The average Bonchev–Trinajstić information content (AvgIpc) is 2.57. The molecule has 1 amide bonds. The van der Waals surface area contributed by atoms with Gasteiger partial charge in [0.1, 0.15) is 23.9 Å². The Kier molecular flexibility index (Phi) is 4.20. The Bertz CT molecular complexity index is 794.